The number of fused-ring (bicyclic) bond motifs is 1. The van der Waals surface area contributed by atoms with E-state index in [-0.39, 0.29) is 27.5 Å². The molecule has 1 amide bonds. The number of nitro groups is 1. The summed E-state index contributed by atoms with van der Waals surface area (Å²) in [6.45, 7) is 0.535. The van der Waals surface area contributed by atoms with Gasteiger partial charge in [0.1, 0.15) is 27.7 Å². The maximum Gasteiger partial charge on any atom is 0.324 e. The smallest absolute Gasteiger partial charge is 0.324 e. The van der Waals surface area contributed by atoms with Crippen LogP contribution in [0, 0.1) is 10.1 Å². The molecule has 15 heteroatoms. The Hall–Kier alpha value is -3.69. The van der Waals surface area contributed by atoms with Crippen LogP contribution in [0.4, 0.5) is 11.4 Å². The zero-order valence-corrected chi connectivity index (χ0v) is 18.8. The van der Waals surface area contributed by atoms with Gasteiger partial charge in [-0.3, -0.25) is 19.7 Å². The third-order valence-corrected chi connectivity index (χ3v) is 6.35. The maximum absolute atomic E-state index is 12.7. The monoisotopic (exact) mass is 495 g/mol. The van der Waals surface area contributed by atoms with Gasteiger partial charge in [-0.15, -0.1) is 0 Å². The number of aromatic nitrogens is 2. The van der Waals surface area contributed by atoms with Crippen LogP contribution in [0.5, 0.6) is 5.75 Å². The molecule has 0 spiro atoms. The van der Waals surface area contributed by atoms with Crippen molar-refractivity contribution in [3.8, 4) is 5.75 Å². The minimum absolute atomic E-state index is 0.0377. The first-order valence-electron chi connectivity index (χ1n) is 9.15. The summed E-state index contributed by atoms with van der Waals surface area (Å²) in [4.78, 5) is 34.4. The largest absolute Gasteiger partial charge is 0.494 e. The fraction of sp³-hybridized carbons (Fsp3) is 0.222. The van der Waals surface area contributed by atoms with Gasteiger partial charge in [0.2, 0.25) is 10.0 Å². The highest BCUT2D eigenvalue weighted by atomic mass is 32.2. The van der Waals surface area contributed by atoms with E-state index in [1.807, 2.05) is 0 Å². The SMILES string of the molecule is COc1cc([N+](=O)[O-])ccc1NC(=O)COC(=O)C(C)NS(=O)(=O)c1cccc2nsnc12. The van der Waals surface area contributed by atoms with E-state index in [4.69, 9.17) is 9.47 Å². The molecule has 13 nitrogen and oxygen atoms in total. The maximum atomic E-state index is 12.7. The van der Waals surface area contributed by atoms with Gasteiger partial charge < -0.3 is 14.8 Å². The van der Waals surface area contributed by atoms with Crippen molar-refractivity contribution in [1.29, 1.82) is 0 Å². The molecule has 0 fully saturated rings. The first kappa shape index (κ1) is 24.0. The van der Waals surface area contributed by atoms with Crippen molar-refractivity contribution < 1.29 is 32.4 Å². The van der Waals surface area contributed by atoms with Crippen molar-refractivity contribution in [3.05, 3.63) is 46.5 Å². The molecule has 0 saturated carbocycles. The van der Waals surface area contributed by atoms with Crippen LogP contribution < -0.4 is 14.8 Å². The highest BCUT2D eigenvalue weighted by Gasteiger charge is 2.26. The van der Waals surface area contributed by atoms with Crippen LogP contribution in [0.15, 0.2) is 41.3 Å². The lowest BCUT2D eigenvalue weighted by atomic mass is 10.2. The molecule has 174 valence electrons. The number of carbonyl (C=O) groups excluding carboxylic acids is 2. The number of anilines is 1. The van der Waals surface area contributed by atoms with E-state index in [0.717, 1.165) is 17.8 Å². The molecule has 0 aliphatic rings. The third-order valence-electron chi connectivity index (χ3n) is 4.24. The summed E-state index contributed by atoms with van der Waals surface area (Å²) in [5.41, 5.74) is 0.466. The molecule has 1 unspecified atom stereocenters. The Balaban J connectivity index is 1.60. The third kappa shape index (κ3) is 5.57. The molecule has 3 rings (SSSR count). The minimum Gasteiger partial charge on any atom is -0.494 e. The van der Waals surface area contributed by atoms with Crippen molar-refractivity contribution in [2.24, 2.45) is 0 Å². The van der Waals surface area contributed by atoms with Gasteiger partial charge in [-0.1, -0.05) is 6.07 Å². The van der Waals surface area contributed by atoms with Gasteiger partial charge in [0, 0.05) is 6.07 Å². The number of hydrogen-bond acceptors (Lipinski definition) is 11. The predicted octanol–water partition coefficient (Wildman–Crippen LogP) is 1.46. The minimum atomic E-state index is -4.13. The number of rotatable bonds is 9. The highest BCUT2D eigenvalue weighted by molar-refractivity contribution is 7.89. The molecule has 1 heterocycles. The zero-order chi connectivity index (χ0) is 24.2. The van der Waals surface area contributed by atoms with Gasteiger partial charge in [-0.25, -0.2) is 8.42 Å². The van der Waals surface area contributed by atoms with Crippen LogP contribution in [0.25, 0.3) is 11.0 Å². The number of nitro benzene ring substituents is 1. The van der Waals surface area contributed by atoms with Gasteiger partial charge in [-0.2, -0.15) is 13.5 Å². The van der Waals surface area contributed by atoms with E-state index in [9.17, 15) is 28.1 Å². The summed E-state index contributed by atoms with van der Waals surface area (Å²) >= 11 is 0.854. The number of nitrogens with zero attached hydrogens (tertiary/aromatic N) is 3. The first-order chi connectivity index (χ1) is 15.6. The summed E-state index contributed by atoms with van der Waals surface area (Å²) < 4.78 is 45.3. The number of methoxy groups -OCH3 is 1. The van der Waals surface area contributed by atoms with E-state index in [1.165, 1.54) is 38.3 Å². The number of ether oxygens (including phenoxy) is 2. The predicted molar refractivity (Wildman–Crippen MR) is 116 cm³/mol. The quantitative estimate of drug-likeness (QED) is 0.251. The van der Waals surface area contributed by atoms with Crippen LogP contribution in [0.2, 0.25) is 0 Å². The summed E-state index contributed by atoms with van der Waals surface area (Å²) in [7, 11) is -2.86. The number of amides is 1. The Morgan fingerprint density at radius 2 is 2.00 bits per heavy atom. The van der Waals surface area contributed by atoms with E-state index in [2.05, 4.69) is 18.8 Å². The number of hydrogen-bond donors (Lipinski definition) is 2. The number of carbonyl (C=O) groups is 2. The van der Waals surface area contributed by atoms with Crippen LogP contribution in [0.3, 0.4) is 0 Å². The van der Waals surface area contributed by atoms with Crippen LogP contribution in [-0.4, -0.2) is 53.7 Å². The lowest BCUT2D eigenvalue weighted by Gasteiger charge is -2.14. The van der Waals surface area contributed by atoms with Crippen LogP contribution >= 0.6 is 11.7 Å². The fourth-order valence-electron chi connectivity index (χ4n) is 2.69. The van der Waals surface area contributed by atoms with Crippen molar-refractivity contribution >= 4 is 56.0 Å². The number of esters is 1. The Labute approximate surface area is 191 Å². The Bertz CT molecular complexity index is 1320. The molecular formula is C18H17N5O8S2. The Kier molecular flexibility index (Phi) is 7.15. The van der Waals surface area contributed by atoms with Crippen molar-refractivity contribution in [1.82, 2.24) is 13.5 Å². The summed E-state index contributed by atoms with van der Waals surface area (Å²) in [6, 6.07) is 6.68. The second-order valence-corrected chi connectivity index (χ2v) is 8.74. The molecule has 0 bridgehead atoms. The summed E-state index contributed by atoms with van der Waals surface area (Å²) in [5.74, 6) is -1.72. The fourth-order valence-corrected chi connectivity index (χ4v) is 4.65. The molecule has 1 aromatic heterocycles. The molecule has 0 aliphatic heterocycles. The molecule has 0 saturated heterocycles. The molecular weight excluding hydrogens is 478 g/mol. The molecule has 3 aromatic rings. The van der Waals surface area contributed by atoms with E-state index < -0.39 is 39.5 Å². The van der Waals surface area contributed by atoms with Crippen molar-refractivity contribution in [3.63, 3.8) is 0 Å². The molecule has 0 radical (unpaired) electrons. The molecule has 0 aliphatic carbocycles. The lowest BCUT2D eigenvalue weighted by Crippen LogP contribution is -2.40. The van der Waals surface area contributed by atoms with Gasteiger partial charge >= 0.3 is 5.97 Å². The van der Waals surface area contributed by atoms with Crippen molar-refractivity contribution in [2.75, 3.05) is 19.0 Å². The zero-order valence-electron chi connectivity index (χ0n) is 17.2. The summed E-state index contributed by atoms with van der Waals surface area (Å²) in [5, 5.41) is 13.2. The first-order valence-corrected chi connectivity index (χ1v) is 11.4. The molecule has 2 aromatic carbocycles. The van der Waals surface area contributed by atoms with Crippen molar-refractivity contribution in [2.45, 2.75) is 17.9 Å². The average molecular weight is 495 g/mol. The normalized spacial score (nSPS) is 12.2. The molecule has 33 heavy (non-hydrogen) atoms. The molecule has 1 atom stereocenters. The summed E-state index contributed by atoms with van der Waals surface area (Å²) in [6.07, 6.45) is 0. The van der Waals surface area contributed by atoms with Gasteiger partial charge in [-0.05, 0) is 25.1 Å². The van der Waals surface area contributed by atoms with Gasteiger partial charge in [0.25, 0.3) is 11.6 Å². The van der Waals surface area contributed by atoms with E-state index in [1.54, 1.807) is 6.07 Å². The van der Waals surface area contributed by atoms with Crippen LogP contribution in [-0.2, 0) is 24.3 Å². The highest BCUT2D eigenvalue weighted by Crippen LogP contribution is 2.29. The average Bonchev–Trinajstić information content (AvgIpc) is 3.26. The second kappa shape index (κ2) is 9.85. The standard InChI is InChI=1S/C18H17N5O8S2/c1-10(22-33(28,29)15-5-3-4-13-17(15)21-32-20-13)18(25)31-9-16(24)19-12-7-6-11(23(26)27)8-14(12)30-2/h3-8,10,22H,9H2,1-2H3,(H,19,24). The van der Waals surface area contributed by atoms with E-state index >= 15 is 0 Å². The Morgan fingerprint density at radius 1 is 1.24 bits per heavy atom. The lowest BCUT2D eigenvalue weighted by molar-refractivity contribution is -0.384. The second-order valence-electron chi connectivity index (χ2n) is 6.53. The van der Waals surface area contributed by atoms with E-state index in [0.29, 0.717) is 5.52 Å². The number of non-ortho nitro benzene ring substituents is 1. The number of benzene rings is 2. The van der Waals surface area contributed by atoms with Gasteiger partial charge in [0.15, 0.2) is 6.61 Å². The number of nitrogens with one attached hydrogen (secondary N) is 2. The topological polar surface area (TPSA) is 180 Å². The van der Waals surface area contributed by atoms with Gasteiger partial charge in [0.05, 0.1) is 35.5 Å². The number of sulfonamides is 1. The van der Waals surface area contributed by atoms with Crippen LogP contribution in [0.1, 0.15) is 6.92 Å². The molecule has 2 N–H and O–H groups in total. The Morgan fingerprint density at radius 3 is 2.70 bits per heavy atom.